The number of likely N-dealkylation sites (tertiary alicyclic amines) is 1. The molecule has 1 aromatic carbocycles. The van der Waals surface area contributed by atoms with Crippen LogP contribution in [0.1, 0.15) is 51.0 Å². The molecule has 0 saturated carbocycles. The van der Waals surface area contributed by atoms with Crippen LogP contribution in [0.15, 0.2) is 39.8 Å². The van der Waals surface area contributed by atoms with E-state index in [0.717, 1.165) is 29.7 Å². The van der Waals surface area contributed by atoms with Crippen molar-refractivity contribution >= 4 is 35.3 Å². The topological polar surface area (TPSA) is 73.2 Å². The van der Waals surface area contributed by atoms with Crippen molar-refractivity contribution in [1.82, 2.24) is 10.2 Å². The van der Waals surface area contributed by atoms with Gasteiger partial charge in [-0.3, -0.25) is 9.59 Å². The molecule has 0 bridgehead atoms. The Hall–Kier alpha value is -1.91. The van der Waals surface area contributed by atoms with Crippen LogP contribution >= 0.6 is 23.5 Å². The standard InChI is InChI=1S/C22H27N3O2S2/c1-14-5-4-6-15(2)25(14)21(27)13-29-22-19(12-23)18(11-20(26)24-22)16-7-9-17(28-3)10-8-16/h7-10,14-15,18H,4-6,11,13H2,1-3H3,(H,24,26)/t14-,15+,18-/m0/s1. The molecule has 2 heterocycles. The minimum Gasteiger partial charge on any atom is -0.337 e. The molecule has 154 valence electrons. The van der Waals surface area contributed by atoms with E-state index < -0.39 is 0 Å². The zero-order valence-electron chi connectivity index (χ0n) is 17.1. The number of allylic oxidation sites excluding steroid dienone is 1. The van der Waals surface area contributed by atoms with Crippen LogP contribution < -0.4 is 5.32 Å². The van der Waals surface area contributed by atoms with Crippen LogP contribution in [0.5, 0.6) is 0 Å². The van der Waals surface area contributed by atoms with E-state index in [9.17, 15) is 14.9 Å². The first kappa shape index (κ1) is 21.8. The first-order valence-corrected chi connectivity index (χ1v) is 12.2. The molecule has 1 saturated heterocycles. The van der Waals surface area contributed by atoms with Gasteiger partial charge in [0.2, 0.25) is 11.8 Å². The summed E-state index contributed by atoms with van der Waals surface area (Å²) in [5.41, 5.74) is 1.50. The Balaban J connectivity index is 1.78. The zero-order chi connectivity index (χ0) is 21.0. The number of nitrogens with zero attached hydrogens (tertiary/aromatic N) is 2. The summed E-state index contributed by atoms with van der Waals surface area (Å²) in [6, 6.07) is 10.7. The Bertz CT molecular complexity index is 835. The van der Waals surface area contributed by atoms with Crippen molar-refractivity contribution < 1.29 is 9.59 Å². The third-order valence-corrected chi connectivity index (χ3v) is 7.44. The smallest absolute Gasteiger partial charge is 0.233 e. The van der Waals surface area contributed by atoms with Gasteiger partial charge in [-0.15, -0.1) is 11.8 Å². The highest BCUT2D eigenvalue weighted by molar-refractivity contribution is 8.03. The molecule has 0 aliphatic carbocycles. The number of hydrogen-bond acceptors (Lipinski definition) is 5. The van der Waals surface area contributed by atoms with Gasteiger partial charge >= 0.3 is 0 Å². The molecular formula is C22H27N3O2S2. The van der Waals surface area contributed by atoms with Crippen LogP contribution in [0.25, 0.3) is 0 Å². The lowest BCUT2D eigenvalue weighted by Crippen LogP contribution is -2.48. The van der Waals surface area contributed by atoms with Gasteiger partial charge in [0.1, 0.15) is 0 Å². The Morgan fingerprint density at radius 1 is 1.24 bits per heavy atom. The monoisotopic (exact) mass is 429 g/mol. The molecular weight excluding hydrogens is 402 g/mol. The van der Waals surface area contributed by atoms with E-state index in [1.54, 1.807) is 11.8 Å². The summed E-state index contributed by atoms with van der Waals surface area (Å²) >= 11 is 2.93. The fraction of sp³-hybridized carbons (Fsp3) is 0.500. The summed E-state index contributed by atoms with van der Waals surface area (Å²) < 4.78 is 0. The van der Waals surface area contributed by atoms with Gasteiger partial charge in [0.05, 0.1) is 22.4 Å². The number of amides is 2. The van der Waals surface area contributed by atoms with E-state index in [1.165, 1.54) is 11.8 Å². The molecule has 2 aliphatic heterocycles. The highest BCUT2D eigenvalue weighted by Crippen LogP contribution is 2.36. The maximum atomic E-state index is 12.8. The summed E-state index contributed by atoms with van der Waals surface area (Å²) in [4.78, 5) is 28.3. The second kappa shape index (κ2) is 9.73. The highest BCUT2D eigenvalue weighted by Gasteiger charge is 2.32. The summed E-state index contributed by atoms with van der Waals surface area (Å²) in [5.74, 6) is -0.0824. The third kappa shape index (κ3) is 4.99. The second-order valence-corrected chi connectivity index (χ2v) is 9.52. The van der Waals surface area contributed by atoms with Gasteiger partial charge in [0.15, 0.2) is 0 Å². The molecule has 3 atom stereocenters. The lowest BCUT2D eigenvalue weighted by atomic mass is 9.87. The van der Waals surface area contributed by atoms with Crippen molar-refractivity contribution in [2.24, 2.45) is 0 Å². The van der Waals surface area contributed by atoms with Crippen LogP contribution in [0.3, 0.4) is 0 Å². The summed E-state index contributed by atoms with van der Waals surface area (Å²) in [5, 5.41) is 13.2. The molecule has 1 N–H and O–H groups in total. The molecule has 5 nitrogen and oxygen atoms in total. The van der Waals surface area contributed by atoms with E-state index in [2.05, 4.69) is 25.2 Å². The summed E-state index contributed by atoms with van der Waals surface area (Å²) in [6.45, 7) is 4.18. The Labute approximate surface area is 181 Å². The Morgan fingerprint density at radius 2 is 1.90 bits per heavy atom. The van der Waals surface area contributed by atoms with Crippen LogP contribution in [-0.2, 0) is 9.59 Å². The molecule has 2 amide bonds. The first-order chi connectivity index (χ1) is 13.9. The number of nitrogens with one attached hydrogen (secondary N) is 1. The predicted molar refractivity (Wildman–Crippen MR) is 118 cm³/mol. The molecule has 0 spiro atoms. The second-order valence-electron chi connectivity index (χ2n) is 7.65. The van der Waals surface area contributed by atoms with Gasteiger partial charge in [-0.1, -0.05) is 23.9 Å². The van der Waals surface area contributed by atoms with Gasteiger partial charge in [0.25, 0.3) is 0 Å². The fourth-order valence-corrected chi connectivity index (χ4v) is 5.53. The van der Waals surface area contributed by atoms with Gasteiger partial charge in [0, 0.05) is 29.3 Å². The van der Waals surface area contributed by atoms with Crippen LogP contribution in [0, 0.1) is 11.3 Å². The zero-order valence-corrected chi connectivity index (χ0v) is 18.7. The molecule has 0 radical (unpaired) electrons. The van der Waals surface area contributed by atoms with Gasteiger partial charge in [-0.25, -0.2) is 0 Å². The van der Waals surface area contributed by atoms with Crippen molar-refractivity contribution in [3.8, 4) is 6.07 Å². The SMILES string of the molecule is CSc1ccc([C@@H]2CC(=O)NC(SCC(=O)N3[C@H](C)CCC[C@@H]3C)=C2C#N)cc1. The van der Waals surface area contributed by atoms with Gasteiger partial charge < -0.3 is 10.2 Å². The fourth-order valence-electron chi connectivity index (χ4n) is 4.18. The molecule has 0 aromatic heterocycles. The average molecular weight is 430 g/mol. The number of thioether (sulfide) groups is 2. The molecule has 2 aliphatic rings. The van der Waals surface area contributed by atoms with Crippen molar-refractivity contribution in [3.05, 3.63) is 40.4 Å². The Kier molecular flexibility index (Phi) is 7.31. The predicted octanol–water partition coefficient (Wildman–Crippen LogP) is 4.27. The molecule has 1 fully saturated rings. The maximum Gasteiger partial charge on any atom is 0.233 e. The molecule has 29 heavy (non-hydrogen) atoms. The number of carbonyl (C=O) groups is 2. The number of hydrogen-bond donors (Lipinski definition) is 1. The van der Waals surface area contributed by atoms with E-state index in [1.807, 2.05) is 35.4 Å². The highest BCUT2D eigenvalue weighted by atomic mass is 32.2. The lowest BCUT2D eigenvalue weighted by Gasteiger charge is -2.39. The quantitative estimate of drug-likeness (QED) is 0.708. The van der Waals surface area contributed by atoms with E-state index in [4.69, 9.17) is 0 Å². The largest absolute Gasteiger partial charge is 0.337 e. The van der Waals surface area contributed by atoms with Crippen LogP contribution in [-0.4, -0.2) is 40.8 Å². The summed E-state index contributed by atoms with van der Waals surface area (Å²) in [6.07, 6.45) is 5.46. The lowest BCUT2D eigenvalue weighted by molar-refractivity contribution is -0.134. The van der Waals surface area contributed by atoms with Crippen molar-refractivity contribution in [3.63, 3.8) is 0 Å². The molecule has 7 heteroatoms. The van der Waals surface area contributed by atoms with Crippen LogP contribution in [0.2, 0.25) is 0 Å². The van der Waals surface area contributed by atoms with Gasteiger partial charge in [-0.05, 0) is 57.1 Å². The van der Waals surface area contributed by atoms with Crippen molar-refractivity contribution in [2.75, 3.05) is 12.0 Å². The van der Waals surface area contributed by atoms with Crippen molar-refractivity contribution in [2.45, 2.75) is 62.4 Å². The molecule has 3 rings (SSSR count). The number of carbonyl (C=O) groups excluding carboxylic acids is 2. The van der Waals surface area contributed by atoms with Gasteiger partial charge in [-0.2, -0.15) is 5.26 Å². The minimum atomic E-state index is -0.268. The first-order valence-electron chi connectivity index (χ1n) is 9.96. The number of rotatable bonds is 5. The van der Waals surface area contributed by atoms with E-state index in [-0.39, 0.29) is 42.0 Å². The van der Waals surface area contributed by atoms with E-state index in [0.29, 0.717) is 10.6 Å². The third-order valence-electron chi connectivity index (χ3n) is 5.70. The molecule has 1 aromatic rings. The normalized spacial score (nSPS) is 24.8. The van der Waals surface area contributed by atoms with E-state index >= 15 is 0 Å². The molecule has 0 unspecified atom stereocenters. The maximum absolute atomic E-state index is 12.8. The van der Waals surface area contributed by atoms with Crippen molar-refractivity contribution in [1.29, 1.82) is 5.26 Å². The number of piperidine rings is 1. The minimum absolute atomic E-state index is 0.0696. The average Bonchev–Trinajstić information content (AvgIpc) is 2.71. The Morgan fingerprint density at radius 3 is 2.48 bits per heavy atom. The number of nitriles is 1. The van der Waals surface area contributed by atoms with Crippen LogP contribution in [0.4, 0.5) is 0 Å². The number of benzene rings is 1. The summed E-state index contributed by atoms with van der Waals surface area (Å²) in [7, 11) is 0.